The van der Waals surface area contributed by atoms with Crippen molar-refractivity contribution in [2.75, 3.05) is 37.5 Å². The first kappa shape index (κ1) is 20.0. The molecule has 26 heavy (non-hydrogen) atoms. The van der Waals surface area contributed by atoms with E-state index >= 15 is 0 Å². The SMILES string of the molecule is CC/C=C(\C=C/CF)c1ccc(N)c(NC(=O)OCC2CCOCC2)c1. The van der Waals surface area contributed by atoms with E-state index in [9.17, 15) is 9.18 Å². The summed E-state index contributed by atoms with van der Waals surface area (Å²) in [6.45, 7) is 3.27. The summed E-state index contributed by atoms with van der Waals surface area (Å²) in [5, 5.41) is 2.70. The third-order valence-corrected chi connectivity index (χ3v) is 4.22. The molecule has 0 radical (unpaired) electrons. The number of amides is 1. The van der Waals surface area contributed by atoms with Crippen LogP contribution in [0.2, 0.25) is 0 Å². The van der Waals surface area contributed by atoms with Gasteiger partial charge in [-0.15, -0.1) is 0 Å². The number of carbonyl (C=O) groups is 1. The minimum atomic E-state index is -0.528. The highest BCUT2D eigenvalue weighted by Gasteiger charge is 2.16. The van der Waals surface area contributed by atoms with Crippen LogP contribution in [0, 0.1) is 5.92 Å². The molecule has 0 bridgehead atoms. The number of anilines is 2. The van der Waals surface area contributed by atoms with Gasteiger partial charge in [0.05, 0.1) is 18.0 Å². The monoisotopic (exact) mass is 362 g/mol. The summed E-state index contributed by atoms with van der Waals surface area (Å²) in [4.78, 5) is 12.1. The number of alkyl halides is 1. The zero-order chi connectivity index (χ0) is 18.8. The quantitative estimate of drug-likeness (QED) is 0.551. The van der Waals surface area contributed by atoms with Crippen molar-refractivity contribution >= 4 is 23.0 Å². The minimum absolute atomic E-state index is 0.336. The molecule has 0 aliphatic carbocycles. The molecule has 1 aliphatic rings. The molecule has 142 valence electrons. The zero-order valence-corrected chi connectivity index (χ0v) is 15.2. The van der Waals surface area contributed by atoms with Crippen molar-refractivity contribution < 1.29 is 18.7 Å². The summed E-state index contributed by atoms with van der Waals surface area (Å²) in [6, 6.07) is 5.34. The summed E-state index contributed by atoms with van der Waals surface area (Å²) in [6.07, 6.45) is 7.25. The van der Waals surface area contributed by atoms with Crippen molar-refractivity contribution in [1.29, 1.82) is 0 Å². The molecule has 1 aliphatic heterocycles. The second-order valence-corrected chi connectivity index (χ2v) is 6.21. The summed E-state index contributed by atoms with van der Waals surface area (Å²) >= 11 is 0. The van der Waals surface area contributed by atoms with Gasteiger partial charge < -0.3 is 15.2 Å². The number of nitrogens with two attached hydrogens (primary N) is 1. The summed E-state index contributed by atoms with van der Waals surface area (Å²) < 4.78 is 23.1. The van der Waals surface area contributed by atoms with Crippen molar-refractivity contribution in [2.45, 2.75) is 26.2 Å². The highest BCUT2D eigenvalue weighted by Crippen LogP contribution is 2.26. The second kappa shape index (κ2) is 10.6. The van der Waals surface area contributed by atoms with Gasteiger partial charge in [0, 0.05) is 13.2 Å². The zero-order valence-electron chi connectivity index (χ0n) is 15.2. The van der Waals surface area contributed by atoms with Crippen LogP contribution in [0.3, 0.4) is 0 Å². The topological polar surface area (TPSA) is 73.6 Å². The van der Waals surface area contributed by atoms with Crippen LogP contribution in [0.5, 0.6) is 0 Å². The first-order valence-electron chi connectivity index (χ1n) is 8.98. The maximum absolute atomic E-state index is 12.4. The van der Waals surface area contributed by atoms with Gasteiger partial charge in [0.1, 0.15) is 6.67 Å². The Hall–Kier alpha value is -2.34. The Bertz CT molecular complexity index is 652. The molecule has 0 spiro atoms. The van der Waals surface area contributed by atoms with Crippen LogP contribution in [0.1, 0.15) is 31.7 Å². The summed E-state index contributed by atoms with van der Waals surface area (Å²) in [5.74, 6) is 0.336. The number of ether oxygens (including phenoxy) is 2. The van der Waals surface area contributed by atoms with Crippen LogP contribution in [-0.2, 0) is 9.47 Å². The summed E-state index contributed by atoms with van der Waals surface area (Å²) in [7, 11) is 0. The van der Waals surface area contributed by atoms with E-state index in [2.05, 4.69) is 5.32 Å². The van der Waals surface area contributed by atoms with Gasteiger partial charge in [-0.1, -0.05) is 31.2 Å². The predicted octanol–water partition coefficient (Wildman–Crippen LogP) is 4.56. The fraction of sp³-hybridized carbons (Fsp3) is 0.450. The summed E-state index contributed by atoms with van der Waals surface area (Å²) in [5.41, 5.74) is 8.63. The predicted molar refractivity (Wildman–Crippen MR) is 103 cm³/mol. The van der Waals surface area contributed by atoms with E-state index in [0.29, 0.717) is 37.1 Å². The number of halogens is 1. The number of nitrogen functional groups attached to an aromatic ring is 1. The van der Waals surface area contributed by atoms with E-state index in [1.165, 1.54) is 6.08 Å². The highest BCUT2D eigenvalue weighted by atomic mass is 19.1. The molecule has 1 aromatic carbocycles. The number of hydrogen-bond donors (Lipinski definition) is 2. The fourth-order valence-corrected chi connectivity index (χ4v) is 2.77. The molecule has 0 atom stereocenters. The Morgan fingerprint density at radius 2 is 2.19 bits per heavy atom. The Labute approximate surface area is 154 Å². The molecule has 1 heterocycles. The number of carbonyl (C=O) groups excluding carboxylic acids is 1. The lowest BCUT2D eigenvalue weighted by Crippen LogP contribution is -2.24. The molecule has 0 saturated carbocycles. The van der Waals surface area contributed by atoms with E-state index < -0.39 is 12.8 Å². The third-order valence-electron chi connectivity index (χ3n) is 4.22. The molecule has 0 aromatic heterocycles. The molecule has 6 heteroatoms. The molecule has 3 N–H and O–H groups in total. The van der Waals surface area contributed by atoms with Crippen LogP contribution in [-0.4, -0.2) is 32.6 Å². The van der Waals surface area contributed by atoms with Crippen LogP contribution in [0.15, 0.2) is 36.4 Å². The number of benzene rings is 1. The van der Waals surface area contributed by atoms with Gasteiger partial charge in [0.2, 0.25) is 0 Å². The van der Waals surface area contributed by atoms with Crippen molar-refractivity contribution in [3.8, 4) is 0 Å². The first-order valence-corrected chi connectivity index (χ1v) is 8.98. The molecule has 1 aromatic rings. The Morgan fingerprint density at radius 1 is 1.42 bits per heavy atom. The lowest BCUT2D eigenvalue weighted by molar-refractivity contribution is 0.0405. The van der Waals surface area contributed by atoms with Gasteiger partial charge in [-0.3, -0.25) is 5.32 Å². The van der Waals surface area contributed by atoms with Gasteiger partial charge in [0.15, 0.2) is 0 Å². The lowest BCUT2D eigenvalue weighted by atomic mass is 10.0. The lowest BCUT2D eigenvalue weighted by Gasteiger charge is -2.21. The average molecular weight is 362 g/mol. The van der Waals surface area contributed by atoms with Crippen LogP contribution in [0.4, 0.5) is 20.6 Å². The molecule has 5 nitrogen and oxygen atoms in total. The van der Waals surface area contributed by atoms with Crippen LogP contribution >= 0.6 is 0 Å². The van der Waals surface area contributed by atoms with Gasteiger partial charge >= 0.3 is 6.09 Å². The molecule has 0 unspecified atom stereocenters. The van der Waals surface area contributed by atoms with Crippen molar-refractivity contribution in [3.05, 3.63) is 42.0 Å². The van der Waals surface area contributed by atoms with Gasteiger partial charge in [0.25, 0.3) is 0 Å². The number of rotatable bonds is 7. The molecular formula is C20H27FN2O3. The maximum Gasteiger partial charge on any atom is 0.411 e. The molecule has 2 rings (SSSR count). The number of hydrogen-bond acceptors (Lipinski definition) is 4. The normalized spacial score (nSPS) is 16.0. The Kier molecular flexibility index (Phi) is 8.15. The van der Waals surface area contributed by atoms with E-state index in [0.717, 1.165) is 30.4 Å². The molecule has 1 fully saturated rings. The Morgan fingerprint density at radius 3 is 2.88 bits per heavy atom. The van der Waals surface area contributed by atoms with E-state index in [1.807, 2.05) is 19.1 Å². The minimum Gasteiger partial charge on any atom is -0.449 e. The first-order chi connectivity index (χ1) is 12.6. The van der Waals surface area contributed by atoms with Crippen LogP contribution < -0.4 is 11.1 Å². The number of allylic oxidation sites excluding steroid dienone is 4. The maximum atomic E-state index is 12.4. The number of nitrogens with one attached hydrogen (secondary N) is 1. The molecule has 1 amide bonds. The highest BCUT2D eigenvalue weighted by molar-refractivity contribution is 5.90. The van der Waals surface area contributed by atoms with E-state index in [-0.39, 0.29) is 0 Å². The molecule has 1 saturated heterocycles. The third kappa shape index (κ3) is 6.19. The van der Waals surface area contributed by atoms with Gasteiger partial charge in [-0.25, -0.2) is 9.18 Å². The molecular weight excluding hydrogens is 335 g/mol. The van der Waals surface area contributed by atoms with E-state index in [4.69, 9.17) is 15.2 Å². The Balaban J connectivity index is 2.02. The van der Waals surface area contributed by atoms with Crippen LogP contribution in [0.25, 0.3) is 5.57 Å². The van der Waals surface area contributed by atoms with Crippen molar-refractivity contribution in [3.63, 3.8) is 0 Å². The average Bonchev–Trinajstić information content (AvgIpc) is 2.66. The smallest absolute Gasteiger partial charge is 0.411 e. The van der Waals surface area contributed by atoms with Gasteiger partial charge in [-0.2, -0.15) is 0 Å². The van der Waals surface area contributed by atoms with Crippen molar-refractivity contribution in [1.82, 2.24) is 0 Å². The fourth-order valence-electron chi connectivity index (χ4n) is 2.77. The van der Waals surface area contributed by atoms with Crippen molar-refractivity contribution in [2.24, 2.45) is 5.92 Å². The standard InChI is InChI=1S/C20H27FN2O3/c1-2-4-16(5-3-10-21)17-6-7-18(22)19(13-17)23-20(24)26-14-15-8-11-25-12-9-15/h3-7,13,15H,2,8-12,14,22H2,1H3,(H,23,24)/b5-3-,16-4+. The largest absolute Gasteiger partial charge is 0.449 e. The van der Waals surface area contributed by atoms with E-state index in [1.54, 1.807) is 18.2 Å². The second-order valence-electron chi connectivity index (χ2n) is 6.21. The van der Waals surface area contributed by atoms with Gasteiger partial charge in [-0.05, 0) is 48.4 Å².